The fourth-order valence-electron chi connectivity index (χ4n) is 3.94. The van der Waals surface area contributed by atoms with Crippen molar-refractivity contribution in [3.8, 4) is 5.88 Å². The van der Waals surface area contributed by atoms with E-state index in [1.54, 1.807) is 0 Å². The lowest BCUT2D eigenvalue weighted by molar-refractivity contribution is -0.141. The summed E-state index contributed by atoms with van der Waals surface area (Å²) < 4.78 is 43.3. The van der Waals surface area contributed by atoms with Crippen molar-refractivity contribution in [3.05, 3.63) is 23.8 Å². The second-order valence-corrected chi connectivity index (χ2v) is 8.41. The maximum Gasteiger partial charge on any atom is 0.434 e. The number of aryl methyl sites for hydroxylation is 1. The molecule has 0 saturated heterocycles. The van der Waals surface area contributed by atoms with Gasteiger partial charge in [-0.05, 0) is 12.8 Å². The van der Waals surface area contributed by atoms with E-state index in [1.165, 1.54) is 0 Å². The average Bonchev–Trinajstić information content (AvgIpc) is 2.67. The maximum absolute atomic E-state index is 12.6. The van der Waals surface area contributed by atoms with E-state index in [0.717, 1.165) is 6.20 Å². The van der Waals surface area contributed by atoms with Crippen molar-refractivity contribution in [1.82, 2.24) is 19.9 Å². The van der Waals surface area contributed by atoms with Gasteiger partial charge < -0.3 is 20.3 Å². The number of rotatable bonds is 5. The Hall–Kier alpha value is -3.18. The predicted molar refractivity (Wildman–Crippen MR) is 111 cm³/mol. The van der Waals surface area contributed by atoms with Crippen molar-refractivity contribution in [3.63, 3.8) is 0 Å². The number of hydrogen-bond acceptors (Lipinski definition) is 8. The Balaban J connectivity index is 1.37. The van der Waals surface area contributed by atoms with E-state index in [4.69, 9.17) is 4.74 Å². The fraction of sp³-hybridized carbons (Fsp3) is 0.550. The SMILES string of the molecule is Cc1nc(N[C@H]2C[C@H](Oc3cnc(C(F)(F)F)cn3)C2)nc2c1NC(=O)C(C(C)C)N2C. The fourth-order valence-corrected chi connectivity index (χ4v) is 3.94. The molecule has 0 bridgehead atoms. The number of nitrogens with zero attached hydrogens (tertiary/aromatic N) is 5. The van der Waals surface area contributed by atoms with E-state index in [1.807, 2.05) is 32.7 Å². The number of fused-ring (bicyclic) bond motifs is 1. The summed E-state index contributed by atoms with van der Waals surface area (Å²) in [5, 5.41) is 6.17. The zero-order valence-corrected chi connectivity index (χ0v) is 18.1. The van der Waals surface area contributed by atoms with Crippen molar-refractivity contribution < 1.29 is 22.7 Å². The van der Waals surface area contributed by atoms with Gasteiger partial charge in [0.2, 0.25) is 17.7 Å². The lowest BCUT2D eigenvalue weighted by atomic mass is 9.89. The number of amides is 1. The van der Waals surface area contributed by atoms with E-state index in [-0.39, 0.29) is 35.9 Å². The molecule has 172 valence electrons. The summed E-state index contributed by atoms with van der Waals surface area (Å²) >= 11 is 0. The van der Waals surface area contributed by atoms with E-state index < -0.39 is 11.9 Å². The van der Waals surface area contributed by atoms with Crippen LogP contribution in [0.3, 0.4) is 0 Å². The van der Waals surface area contributed by atoms with Gasteiger partial charge in [-0.1, -0.05) is 13.8 Å². The predicted octanol–water partition coefficient (Wildman–Crippen LogP) is 3.03. The summed E-state index contributed by atoms with van der Waals surface area (Å²) in [7, 11) is 1.84. The Morgan fingerprint density at radius 2 is 1.94 bits per heavy atom. The molecule has 0 radical (unpaired) electrons. The van der Waals surface area contributed by atoms with Gasteiger partial charge in [0.05, 0.1) is 18.1 Å². The van der Waals surface area contributed by atoms with Gasteiger partial charge in [-0.25, -0.2) is 15.0 Å². The summed E-state index contributed by atoms with van der Waals surface area (Å²) in [6.45, 7) is 5.77. The zero-order valence-electron chi connectivity index (χ0n) is 18.1. The molecular formula is C20H24F3N7O2. The summed E-state index contributed by atoms with van der Waals surface area (Å²) in [4.78, 5) is 30.4. The summed E-state index contributed by atoms with van der Waals surface area (Å²) in [6, 6.07) is -0.278. The molecule has 1 aliphatic carbocycles. The highest BCUT2D eigenvalue weighted by Gasteiger charge is 2.37. The second-order valence-electron chi connectivity index (χ2n) is 8.41. The minimum atomic E-state index is -4.53. The quantitative estimate of drug-likeness (QED) is 0.715. The molecule has 1 saturated carbocycles. The molecule has 1 unspecified atom stereocenters. The molecule has 1 amide bonds. The van der Waals surface area contributed by atoms with Crippen LogP contribution < -0.4 is 20.3 Å². The largest absolute Gasteiger partial charge is 0.473 e. The molecule has 1 atom stereocenters. The van der Waals surface area contributed by atoms with Crippen LogP contribution in [0.15, 0.2) is 12.4 Å². The second kappa shape index (κ2) is 8.06. The van der Waals surface area contributed by atoms with Crippen molar-refractivity contribution >= 4 is 23.4 Å². The molecule has 1 aliphatic heterocycles. The van der Waals surface area contributed by atoms with Gasteiger partial charge in [-0.2, -0.15) is 18.2 Å². The average molecular weight is 451 g/mol. The van der Waals surface area contributed by atoms with Gasteiger partial charge in [0.25, 0.3) is 0 Å². The van der Waals surface area contributed by atoms with Crippen molar-refractivity contribution in [2.75, 3.05) is 22.6 Å². The topological polar surface area (TPSA) is 105 Å². The summed E-state index contributed by atoms with van der Waals surface area (Å²) in [6.07, 6.45) is -1.85. The molecule has 2 aliphatic rings. The van der Waals surface area contributed by atoms with E-state index >= 15 is 0 Å². The normalized spacial score (nSPS) is 22.8. The lowest BCUT2D eigenvalue weighted by Gasteiger charge is -2.38. The van der Waals surface area contributed by atoms with Crippen LogP contribution in [-0.4, -0.2) is 51.1 Å². The van der Waals surface area contributed by atoms with Gasteiger partial charge in [0.15, 0.2) is 11.5 Å². The number of carbonyl (C=O) groups excluding carboxylic acids is 1. The van der Waals surface area contributed by atoms with Crippen LogP contribution in [0.2, 0.25) is 0 Å². The third kappa shape index (κ3) is 4.26. The third-order valence-electron chi connectivity index (χ3n) is 5.60. The minimum Gasteiger partial charge on any atom is -0.473 e. The van der Waals surface area contributed by atoms with Crippen LogP contribution in [0.5, 0.6) is 5.88 Å². The van der Waals surface area contributed by atoms with Gasteiger partial charge >= 0.3 is 6.18 Å². The molecule has 2 N–H and O–H groups in total. The van der Waals surface area contributed by atoms with Crippen molar-refractivity contribution in [2.24, 2.45) is 5.92 Å². The van der Waals surface area contributed by atoms with Crippen LogP contribution in [-0.2, 0) is 11.0 Å². The van der Waals surface area contributed by atoms with Crippen molar-refractivity contribution in [1.29, 1.82) is 0 Å². The number of alkyl halides is 3. The highest BCUT2D eigenvalue weighted by molar-refractivity contribution is 6.03. The zero-order chi connectivity index (χ0) is 23.2. The molecule has 0 spiro atoms. The third-order valence-corrected chi connectivity index (χ3v) is 5.60. The molecule has 4 rings (SSSR count). The molecule has 32 heavy (non-hydrogen) atoms. The molecule has 12 heteroatoms. The molecule has 3 heterocycles. The molecule has 2 aromatic rings. The van der Waals surface area contributed by atoms with Gasteiger partial charge in [-0.3, -0.25) is 4.79 Å². The Morgan fingerprint density at radius 1 is 1.22 bits per heavy atom. The number of hydrogen-bond donors (Lipinski definition) is 2. The van der Waals surface area contributed by atoms with Crippen LogP contribution >= 0.6 is 0 Å². The van der Waals surface area contributed by atoms with Gasteiger partial charge in [0.1, 0.15) is 17.8 Å². The van der Waals surface area contributed by atoms with Crippen LogP contribution in [0.25, 0.3) is 0 Å². The number of carbonyl (C=O) groups is 1. The smallest absolute Gasteiger partial charge is 0.434 e. The summed E-state index contributed by atoms with van der Waals surface area (Å²) in [5.41, 5.74) is 0.210. The van der Waals surface area contributed by atoms with E-state index in [0.29, 0.717) is 42.2 Å². The van der Waals surface area contributed by atoms with Gasteiger partial charge in [-0.15, -0.1) is 0 Å². The van der Waals surface area contributed by atoms with Crippen LogP contribution in [0, 0.1) is 12.8 Å². The Morgan fingerprint density at radius 3 is 2.53 bits per heavy atom. The Kier molecular flexibility index (Phi) is 5.55. The number of anilines is 3. The summed E-state index contributed by atoms with van der Waals surface area (Å²) in [5.74, 6) is 1.19. The number of halogens is 3. The molecule has 9 nitrogen and oxygen atoms in total. The first-order chi connectivity index (χ1) is 15.0. The Bertz CT molecular complexity index is 1010. The van der Waals surface area contributed by atoms with Crippen LogP contribution in [0.4, 0.5) is 30.6 Å². The molecule has 0 aromatic carbocycles. The lowest BCUT2D eigenvalue weighted by Crippen LogP contribution is -2.50. The maximum atomic E-state index is 12.6. The highest BCUT2D eigenvalue weighted by Crippen LogP contribution is 2.35. The molecule has 2 aromatic heterocycles. The minimum absolute atomic E-state index is 0.0456. The van der Waals surface area contributed by atoms with E-state index in [2.05, 4.69) is 30.6 Å². The number of nitrogens with one attached hydrogen (secondary N) is 2. The molecular weight excluding hydrogens is 427 g/mol. The Labute approximate surface area is 182 Å². The standard InChI is InChI=1S/C20H24F3N7O2/c1-9(2)16-18(31)28-15-10(3)26-19(29-17(15)30(16)4)27-11-5-12(6-11)32-14-8-24-13(7-25-14)20(21,22)23/h7-9,11-12,16H,5-6H2,1-4H3,(H,28,31)(H,26,27,29)/t11-,12-,16?. The first-order valence-corrected chi connectivity index (χ1v) is 10.3. The number of ether oxygens (including phenoxy) is 1. The first-order valence-electron chi connectivity index (χ1n) is 10.3. The monoisotopic (exact) mass is 451 g/mol. The van der Waals surface area contributed by atoms with Gasteiger partial charge in [0, 0.05) is 25.9 Å². The number of aromatic nitrogens is 4. The van der Waals surface area contributed by atoms with Crippen molar-refractivity contribution in [2.45, 2.75) is 58.0 Å². The number of likely N-dealkylation sites (N-methyl/N-ethyl adjacent to an activating group) is 1. The van der Waals surface area contributed by atoms with E-state index in [9.17, 15) is 18.0 Å². The van der Waals surface area contributed by atoms with Crippen LogP contribution in [0.1, 0.15) is 38.1 Å². The first kappa shape index (κ1) is 22.0. The highest BCUT2D eigenvalue weighted by atomic mass is 19.4. The molecule has 1 fully saturated rings.